The third-order valence-electron chi connectivity index (χ3n) is 5.03. The normalized spacial score (nSPS) is 28.8. The van der Waals surface area contributed by atoms with Gasteiger partial charge in [-0.2, -0.15) is 0 Å². The van der Waals surface area contributed by atoms with Crippen molar-refractivity contribution in [1.29, 1.82) is 0 Å². The summed E-state index contributed by atoms with van der Waals surface area (Å²) in [6, 6.07) is 8.00. The molecule has 2 aliphatic heterocycles. The number of ether oxygens (including phenoxy) is 1. The van der Waals surface area contributed by atoms with E-state index in [0.29, 0.717) is 19.6 Å². The SMILES string of the molecule is CCc1ccc(C(=O)N2CCC[C@@H]2[C@H]2COCC[C@H]2O)cc1. The van der Waals surface area contributed by atoms with Crippen molar-refractivity contribution in [2.24, 2.45) is 5.92 Å². The van der Waals surface area contributed by atoms with Crippen LogP contribution in [0.15, 0.2) is 24.3 Å². The van der Waals surface area contributed by atoms with Crippen LogP contribution < -0.4 is 0 Å². The molecule has 0 unspecified atom stereocenters. The molecule has 2 saturated heterocycles. The smallest absolute Gasteiger partial charge is 0.254 e. The fourth-order valence-electron chi connectivity index (χ4n) is 3.65. The number of nitrogens with zero attached hydrogens (tertiary/aromatic N) is 1. The maximum atomic E-state index is 12.8. The molecule has 2 aliphatic rings. The number of aliphatic hydroxyl groups excluding tert-OH is 1. The van der Waals surface area contributed by atoms with Crippen LogP contribution in [0, 0.1) is 5.92 Å². The molecule has 0 spiro atoms. The molecule has 0 saturated carbocycles. The molecule has 0 radical (unpaired) electrons. The van der Waals surface area contributed by atoms with Gasteiger partial charge in [0.15, 0.2) is 0 Å². The summed E-state index contributed by atoms with van der Waals surface area (Å²) in [5, 5.41) is 10.2. The zero-order chi connectivity index (χ0) is 15.5. The van der Waals surface area contributed by atoms with Gasteiger partial charge in [-0.25, -0.2) is 0 Å². The van der Waals surface area contributed by atoms with Crippen molar-refractivity contribution < 1.29 is 14.6 Å². The third-order valence-corrected chi connectivity index (χ3v) is 5.03. The first-order valence-corrected chi connectivity index (χ1v) is 8.36. The van der Waals surface area contributed by atoms with Crippen molar-refractivity contribution in [2.75, 3.05) is 19.8 Å². The number of hydrogen-bond donors (Lipinski definition) is 1. The van der Waals surface area contributed by atoms with Crippen molar-refractivity contribution in [3.8, 4) is 0 Å². The number of hydrogen-bond acceptors (Lipinski definition) is 3. The Labute approximate surface area is 132 Å². The Morgan fingerprint density at radius 3 is 2.77 bits per heavy atom. The summed E-state index contributed by atoms with van der Waals surface area (Å²) in [7, 11) is 0. The Bertz CT molecular complexity index is 514. The molecule has 1 aromatic carbocycles. The van der Waals surface area contributed by atoms with Crippen LogP contribution in [-0.4, -0.2) is 47.8 Å². The van der Waals surface area contributed by atoms with Gasteiger partial charge in [0.25, 0.3) is 5.91 Å². The predicted octanol–water partition coefficient (Wildman–Crippen LogP) is 2.25. The van der Waals surface area contributed by atoms with E-state index in [-0.39, 0.29) is 24.0 Å². The van der Waals surface area contributed by atoms with Gasteiger partial charge in [-0.1, -0.05) is 19.1 Å². The van der Waals surface area contributed by atoms with Gasteiger partial charge in [-0.05, 0) is 43.4 Å². The lowest BCUT2D eigenvalue weighted by atomic mass is 9.89. The standard InChI is InChI=1S/C18H25NO3/c1-2-13-5-7-14(8-6-13)18(21)19-10-3-4-16(19)15-12-22-11-9-17(15)20/h5-8,15-17,20H,2-4,9-12H2,1H3/t15-,16-,17-/m1/s1. The van der Waals surface area contributed by atoms with Crippen LogP contribution in [-0.2, 0) is 11.2 Å². The Hall–Kier alpha value is -1.39. The van der Waals surface area contributed by atoms with E-state index < -0.39 is 0 Å². The first kappa shape index (κ1) is 15.5. The van der Waals surface area contributed by atoms with Gasteiger partial charge in [0.2, 0.25) is 0 Å². The second-order valence-corrected chi connectivity index (χ2v) is 6.35. The van der Waals surface area contributed by atoms with E-state index in [1.54, 1.807) is 0 Å². The second-order valence-electron chi connectivity index (χ2n) is 6.35. The minimum absolute atomic E-state index is 0.0510. The van der Waals surface area contributed by atoms with Crippen molar-refractivity contribution in [1.82, 2.24) is 4.90 Å². The van der Waals surface area contributed by atoms with Gasteiger partial charge >= 0.3 is 0 Å². The third kappa shape index (κ3) is 3.03. The monoisotopic (exact) mass is 303 g/mol. The largest absolute Gasteiger partial charge is 0.393 e. The number of likely N-dealkylation sites (tertiary alicyclic amines) is 1. The molecular formula is C18H25NO3. The second kappa shape index (κ2) is 6.80. The summed E-state index contributed by atoms with van der Waals surface area (Å²) in [6.07, 6.45) is 3.27. The number of amides is 1. The van der Waals surface area contributed by atoms with Crippen LogP contribution in [0.25, 0.3) is 0 Å². The van der Waals surface area contributed by atoms with E-state index >= 15 is 0 Å². The lowest BCUT2D eigenvalue weighted by Crippen LogP contribution is -2.48. The first-order valence-electron chi connectivity index (χ1n) is 8.36. The van der Waals surface area contributed by atoms with Gasteiger partial charge in [0.1, 0.15) is 0 Å². The van der Waals surface area contributed by atoms with Gasteiger partial charge in [-0.3, -0.25) is 4.79 Å². The number of rotatable bonds is 3. The maximum Gasteiger partial charge on any atom is 0.254 e. The predicted molar refractivity (Wildman–Crippen MR) is 84.8 cm³/mol. The first-order chi connectivity index (χ1) is 10.7. The molecule has 1 N–H and O–H groups in total. The number of aliphatic hydroxyl groups is 1. The molecule has 120 valence electrons. The highest BCUT2D eigenvalue weighted by molar-refractivity contribution is 5.94. The van der Waals surface area contributed by atoms with Crippen molar-refractivity contribution in [2.45, 2.75) is 44.8 Å². The van der Waals surface area contributed by atoms with E-state index in [2.05, 4.69) is 6.92 Å². The minimum Gasteiger partial charge on any atom is -0.393 e. The highest BCUT2D eigenvalue weighted by atomic mass is 16.5. The Balaban J connectivity index is 1.75. The van der Waals surface area contributed by atoms with Gasteiger partial charge in [0.05, 0.1) is 12.7 Å². The van der Waals surface area contributed by atoms with Crippen LogP contribution in [0.4, 0.5) is 0 Å². The molecule has 2 fully saturated rings. The Kier molecular flexibility index (Phi) is 4.79. The van der Waals surface area contributed by atoms with Gasteiger partial charge in [-0.15, -0.1) is 0 Å². The highest BCUT2D eigenvalue weighted by Gasteiger charge is 2.39. The topological polar surface area (TPSA) is 49.8 Å². The molecule has 4 nitrogen and oxygen atoms in total. The average Bonchev–Trinajstić information content (AvgIpc) is 3.04. The fraction of sp³-hybridized carbons (Fsp3) is 0.611. The number of benzene rings is 1. The summed E-state index contributed by atoms with van der Waals surface area (Å²) >= 11 is 0. The molecule has 3 rings (SSSR count). The number of carbonyl (C=O) groups is 1. The quantitative estimate of drug-likeness (QED) is 0.932. The fourth-order valence-corrected chi connectivity index (χ4v) is 3.65. The summed E-state index contributed by atoms with van der Waals surface area (Å²) < 4.78 is 5.53. The van der Waals surface area contributed by atoms with E-state index in [4.69, 9.17) is 4.74 Å². The van der Waals surface area contributed by atoms with Gasteiger partial charge in [0, 0.05) is 30.7 Å². The molecular weight excluding hydrogens is 278 g/mol. The van der Waals surface area contributed by atoms with Crippen molar-refractivity contribution in [3.63, 3.8) is 0 Å². The molecule has 1 aromatic rings. The van der Waals surface area contributed by atoms with E-state index in [9.17, 15) is 9.90 Å². The molecule has 0 aliphatic carbocycles. The molecule has 1 amide bonds. The molecule has 0 bridgehead atoms. The number of aryl methyl sites for hydroxylation is 1. The van der Waals surface area contributed by atoms with Crippen LogP contribution in [0.3, 0.4) is 0 Å². The Morgan fingerprint density at radius 2 is 2.09 bits per heavy atom. The van der Waals surface area contributed by atoms with E-state index in [0.717, 1.165) is 31.4 Å². The van der Waals surface area contributed by atoms with E-state index in [1.165, 1.54) is 5.56 Å². The Morgan fingerprint density at radius 1 is 1.32 bits per heavy atom. The summed E-state index contributed by atoms with van der Waals surface area (Å²) in [4.78, 5) is 14.8. The lowest BCUT2D eigenvalue weighted by Gasteiger charge is -2.37. The maximum absolute atomic E-state index is 12.8. The minimum atomic E-state index is -0.352. The molecule has 22 heavy (non-hydrogen) atoms. The highest BCUT2D eigenvalue weighted by Crippen LogP contribution is 2.31. The van der Waals surface area contributed by atoms with Crippen molar-refractivity contribution >= 4 is 5.91 Å². The molecule has 2 heterocycles. The molecule has 3 atom stereocenters. The summed E-state index contributed by atoms with van der Waals surface area (Å²) in [6.45, 7) is 4.07. The summed E-state index contributed by atoms with van der Waals surface area (Å²) in [5.41, 5.74) is 1.99. The molecule has 0 aromatic heterocycles. The van der Waals surface area contributed by atoms with Crippen LogP contribution in [0.5, 0.6) is 0 Å². The van der Waals surface area contributed by atoms with Crippen molar-refractivity contribution in [3.05, 3.63) is 35.4 Å². The summed E-state index contributed by atoms with van der Waals surface area (Å²) in [5.74, 6) is 0.137. The zero-order valence-corrected chi connectivity index (χ0v) is 13.2. The lowest BCUT2D eigenvalue weighted by molar-refractivity contribution is -0.0589. The van der Waals surface area contributed by atoms with E-state index in [1.807, 2.05) is 29.2 Å². The zero-order valence-electron chi connectivity index (χ0n) is 13.2. The molecule has 4 heteroatoms. The van der Waals surface area contributed by atoms with Crippen LogP contribution >= 0.6 is 0 Å². The van der Waals surface area contributed by atoms with Crippen LogP contribution in [0.2, 0.25) is 0 Å². The van der Waals surface area contributed by atoms with Crippen LogP contribution in [0.1, 0.15) is 42.1 Å². The average molecular weight is 303 g/mol. The number of carbonyl (C=O) groups excluding carboxylic acids is 1. The van der Waals surface area contributed by atoms with Gasteiger partial charge < -0.3 is 14.7 Å².